The van der Waals surface area contributed by atoms with Crippen molar-refractivity contribution in [2.75, 3.05) is 62.3 Å². The first-order chi connectivity index (χ1) is 15.7. The number of nitrogens with one attached hydrogen (secondary N) is 2. The average Bonchev–Trinajstić information content (AvgIpc) is 3.20. The second kappa shape index (κ2) is 10.8. The second-order valence-electron chi connectivity index (χ2n) is 8.70. The highest BCUT2D eigenvalue weighted by molar-refractivity contribution is 5.72. The first-order valence-electron chi connectivity index (χ1n) is 11.9. The van der Waals surface area contributed by atoms with E-state index < -0.39 is 0 Å². The third kappa shape index (κ3) is 5.42. The highest BCUT2D eigenvalue weighted by Gasteiger charge is 2.26. The second-order valence-corrected chi connectivity index (χ2v) is 8.70. The largest absolute Gasteiger partial charge is 0.496 e. The zero-order valence-corrected chi connectivity index (χ0v) is 19.5. The van der Waals surface area contributed by atoms with Gasteiger partial charge in [0.1, 0.15) is 11.4 Å². The molecular weight excluding hydrogens is 402 g/mol. The van der Waals surface area contributed by atoms with E-state index in [1.54, 1.807) is 7.11 Å². The van der Waals surface area contributed by atoms with E-state index in [9.17, 15) is 0 Å². The third-order valence-electron chi connectivity index (χ3n) is 6.31. The predicted octanol–water partition coefficient (Wildman–Crippen LogP) is 2.64. The lowest BCUT2D eigenvalue weighted by Gasteiger charge is -2.27. The summed E-state index contributed by atoms with van der Waals surface area (Å²) >= 11 is 0. The number of aromatic nitrogens is 2. The third-order valence-corrected chi connectivity index (χ3v) is 6.31. The van der Waals surface area contributed by atoms with Crippen LogP contribution in [-0.2, 0) is 19.5 Å². The van der Waals surface area contributed by atoms with Crippen molar-refractivity contribution in [1.82, 2.24) is 20.2 Å². The Labute approximate surface area is 191 Å². The summed E-state index contributed by atoms with van der Waals surface area (Å²) in [6.45, 7) is 10.0. The van der Waals surface area contributed by atoms with Crippen LogP contribution in [0.15, 0.2) is 18.2 Å². The number of methoxy groups -OCH3 is 1. The fourth-order valence-corrected chi connectivity index (χ4v) is 4.59. The summed E-state index contributed by atoms with van der Waals surface area (Å²) < 4.78 is 5.79. The summed E-state index contributed by atoms with van der Waals surface area (Å²) in [4.78, 5) is 13.9. The summed E-state index contributed by atoms with van der Waals surface area (Å²) in [5.74, 6) is 2.15. The van der Waals surface area contributed by atoms with Gasteiger partial charge in [-0.2, -0.15) is 4.98 Å². The molecule has 2 aromatic rings. The molecule has 1 saturated heterocycles. The minimum Gasteiger partial charge on any atom is -0.496 e. The molecule has 0 bridgehead atoms. The fraction of sp³-hybridized carbons (Fsp3) is 0.583. The van der Waals surface area contributed by atoms with Crippen molar-refractivity contribution in [1.29, 1.82) is 0 Å². The minimum absolute atomic E-state index is 0.346. The molecule has 4 N–H and O–H groups in total. The lowest BCUT2D eigenvalue weighted by Crippen LogP contribution is -2.42. The van der Waals surface area contributed by atoms with Gasteiger partial charge in [-0.15, -0.1) is 0 Å². The van der Waals surface area contributed by atoms with Gasteiger partial charge in [-0.1, -0.05) is 31.9 Å². The fourth-order valence-electron chi connectivity index (χ4n) is 4.59. The van der Waals surface area contributed by atoms with Crippen LogP contribution in [0.2, 0.25) is 0 Å². The Kier molecular flexibility index (Phi) is 7.65. The number of piperazine rings is 1. The summed E-state index contributed by atoms with van der Waals surface area (Å²) in [6, 6.07) is 6.64. The van der Waals surface area contributed by atoms with Crippen LogP contribution < -0.4 is 26.0 Å². The summed E-state index contributed by atoms with van der Waals surface area (Å²) in [5.41, 5.74) is 10.6. The average molecular weight is 440 g/mol. The topological polar surface area (TPSA) is 91.6 Å². The maximum absolute atomic E-state index is 5.99. The van der Waals surface area contributed by atoms with Gasteiger partial charge in [0.05, 0.1) is 12.8 Å². The maximum atomic E-state index is 5.99. The van der Waals surface area contributed by atoms with Crippen LogP contribution in [-0.4, -0.2) is 61.2 Å². The molecule has 1 fully saturated rings. The molecule has 8 heteroatoms. The molecular formula is C24H37N7O. The van der Waals surface area contributed by atoms with Crippen molar-refractivity contribution in [2.24, 2.45) is 0 Å². The van der Waals surface area contributed by atoms with Gasteiger partial charge in [-0.25, -0.2) is 4.98 Å². The van der Waals surface area contributed by atoms with Crippen molar-refractivity contribution in [2.45, 2.75) is 45.7 Å². The van der Waals surface area contributed by atoms with E-state index in [0.717, 1.165) is 88.1 Å². The predicted molar refractivity (Wildman–Crippen MR) is 130 cm³/mol. The number of nitrogens with two attached hydrogens (primary N) is 1. The number of rotatable bonds is 10. The molecule has 0 saturated carbocycles. The molecule has 0 aliphatic carbocycles. The number of anilines is 3. The van der Waals surface area contributed by atoms with Gasteiger partial charge in [0, 0.05) is 64.3 Å². The molecule has 8 nitrogen and oxygen atoms in total. The highest BCUT2D eigenvalue weighted by Crippen LogP contribution is 2.36. The van der Waals surface area contributed by atoms with Crippen LogP contribution in [0.5, 0.6) is 5.75 Å². The number of nitrogens with zero attached hydrogens (tertiary/aromatic N) is 4. The molecule has 3 heterocycles. The van der Waals surface area contributed by atoms with Crippen LogP contribution in [0.4, 0.5) is 17.5 Å². The Balaban J connectivity index is 1.49. The Bertz CT molecular complexity index is 898. The minimum atomic E-state index is 0.346. The lowest BCUT2D eigenvalue weighted by atomic mass is 10.1. The normalized spacial score (nSPS) is 16.2. The zero-order chi connectivity index (χ0) is 22.3. The van der Waals surface area contributed by atoms with Gasteiger partial charge in [-0.05, 0) is 18.1 Å². The van der Waals surface area contributed by atoms with Crippen molar-refractivity contribution < 1.29 is 4.74 Å². The molecule has 0 amide bonds. The molecule has 174 valence electrons. The van der Waals surface area contributed by atoms with Gasteiger partial charge in [0.25, 0.3) is 0 Å². The Hall–Kier alpha value is -2.58. The standard InChI is InChI=1S/C24H37N7O/c1-3-4-5-9-27-23-22-20(28-24(25)29-23)8-12-31(22)17-19-7-6-18(15-21(19)32-2)16-30-13-10-26-11-14-30/h6-7,15,26H,3-5,8-14,16-17H2,1-2H3,(H3,25,27,28,29). The number of ether oxygens (including phenoxy) is 1. The van der Waals surface area contributed by atoms with Gasteiger partial charge in [0.2, 0.25) is 5.95 Å². The van der Waals surface area contributed by atoms with Crippen molar-refractivity contribution in [3.63, 3.8) is 0 Å². The molecule has 1 aromatic carbocycles. The maximum Gasteiger partial charge on any atom is 0.222 e. The molecule has 4 rings (SSSR count). The van der Waals surface area contributed by atoms with E-state index >= 15 is 0 Å². The molecule has 0 atom stereocenters. The van der Waals surface area contributed by atoms with Crippen LogP contribution in [0.3, 0.4) is 0 Å². The van der Waals surface area contributed by atoms with E-state index in [2.05, 4.69) is 55.5 Å². The molecule has 32 heavy (non-hydrogen) atoms. The lowest BCUT2D eigenvalue weighted by molar-refractivity contribution is 0.233. The number of hydrogen-bond acceptors (Lipinski definition) is 8. The number of fused-ring (bicyclic) bond motifs is 1. The summed E-state index contributed by atoms with van der Waals surface area (Å²) in [5, 5.41) is 6.92. The number of unbranched alkanes of at least 4 members (excludes halogenated alkanes) is 2. The van der Waals surface area contributed by atoms with E-state index in [4.69, 9.17) is 10.5 Å². The molecule has 0 radical (unpaired) electrons. The van der Waals surface area contributed by atoms with Gasteiger partial charge in [0.15, 0.2) is 5.82 Å². The highest BCUT2D eigenvalue weighted by atomic mass is 16.5. The molecule has 1 aromatic heterocycles. The summed E-state index contributed by atoms with van der Waals surface area (Å²) in [7, 11) is 1.76. The van der Waals surface area contributed by atoms with E-state index in [0.29, 0.717) is 5.95 Å². The van der Waals surface area contributed by atoms with Crippen LogP contribution in [0.25, 0.3) is 0 Å². The molecule has 0 spiro atoms. The molecule has 2 aliphatic heterocycles. The first kappa shape index (κ1) is 22.6. The number of nitrogen functional groups attached to an aromatic ring is 1. The SMILES string of the molecule is CCCCCNc1nc(N)nc2c1N(Cc1ccc(CN3CCNCC3)cc1OC)CC2. The Morgan fingerprint density at radius 3 is 2.75 bits per heavy atom. The zero-order valence-electron chi connectivity index (χ0n) is 19.5. The number of hydrogen-bond donors (Lipinski definition) is 3. The van der Waals surface area contributed by atoms with E-state index in [1.165, 1.54) is 24.0 Å². The molecule has 2 aliphatic rings. The van der Waals surface area contributed by atoms with Crippen LogP contribution >= 0.6 is 0 Å². The van der Waals surface area contributed by atoms with Gasteiger partial charge < -0.3 is 26.0 Å². The smallest absolute Gasteiger partial charge is 0.222 e. The van der Waals surface area contributed by atoms with Crippen molar-refractivity contribution >= 4 is 17.5 Å². The van der Waals surface area contributed by atoms with Crippen LogP contribution in [0.1, 0.15) is 43.0 Å². The van der Waals surface area contributed by atoms with Crippen molar-refractivity contribution in [3.8, 4) is 5.75 Å². The Morgan fingerprint density at radius 2 is 1.97 bits per heavy atom. The first-order valence-corrected chi connectivity index (χ1v) is 11.9. The van der Waals surface area contributed by atoms with Gasteiger partial charge >= 0.3 is 0 Å². The van der Waals surface area contributed by atoms with Crippen molar-refractivity contribution in [3.05, 3.63) is 35.0 Å². The summed E-state index contributed by atoms with van der Waals surface area (Å²) in [6.07, 6.45) is 4.41. The number of benzene rings is 1. The van der Waals surface area contributed by atoms with E-state index in [-0.39, 0.29) is 0 Å². The monoisotopic (exact) mass is 439 g/mol. The van der Waals surface area contributed by atoms with Crippen LogP contribution in [0, 0.1) is 0 Å². The quantitative estimate of drug-likeness (QED) is 0.487. The molecule has 0 unspecified atom stereocenters. The van der Waals surface area contributed by atoms with E-state index in [1.807, 2.05) is 0 Å². The Morgan fingerprint density at radius 1 is 1.12 bits per heavy atom. The van der Waals surface area contributed by atoms with Gasteiger partial charge in [-0.3, -0.25) is 4.90 Å².